The molecule has 0 bridgehead atoms. The van der Waals surface area contributed by atoms with E-state index in [-0.39, 0.29) is 12.5 Å². The molecule has 0 saturated carbocycles. The molecule has 1 amide bonds. The van der Waals surface area contributed by atoms with Gasteiger partial charge in [0.25, 0.3) is 0 Å². The molecular weight excluding hydrogens is 344 g/mol. The van der Waals surface area contributed by atoms with Crippen molar-refractivity contribution in [2.45, 2.75) is 27.3 Å². The smallest absolute Gasteiger partial charge is 0.241 e. The van der Waals surface area contributed by atoms with E-state index in [4.69, 9.17) is 9.47 Å². The molecule has 27 heavy (non-hydrogen) atoms. The maximum Gasteiger partial charge on any atom is 0.241 e. The normalized spacial score (nSPS) is 11.4. The van der Waals surface area contributed by atoms with Gasteiger partial charge in [-0.1, -0.05) is 26.0 Å². The third-order valence-electron chi connectivity index (χ3n) is 3.76. The molecule has 1 rings (SSSR count). The van der Waals surface area contributed by atoms with Gasteiger partial charge in [0, 0.05) is 33.3 Å². The van der Waals surface area contributed by atoms with Crippen LogP contribution in [-0.2, 0) is 16.1 Å². The molecule has 0 fully saturated rings. The van der Waals surface area contributed by atoms with Gasteiger partial charge in [0.1, 0.15) is 12.4 Å². The van der Waals surface area contributed by atoms with E-state index in [1.807, 2.05) is 25.1 Å². The molecule has 0 spiro atoms. The van der Waals surface area contributed by atoms with Crippen molar-refractivity contribution in [3.8, 4) is 5.75 Å². The molecule has 0 atom stereocenters. The molecule has 2 N–H and O–H groups in total. The Morgan fingerprint density at radius 1 is 1.22 bits per heavy atom. The number of nitrogens with one attached hydrogen (secondary N) is 2. The van der Waals surface area contributed by atoms with Gasteiger partial charge in [-0.25, -0.2) is 4.99 Å². The van der Waals surface area contributed by atoms with Crippen LogP contribution in [0.1, 0.15) is 25.0 Å². The zero-order valence-corrected chi connectivity index (χ0v) is 17.5. The zero-order chi connectivity index (χ0) is 20.2. The highest BCUT2D eigenvalue weighted by molar-refractivity contribution is 5.86. The van der Waals surface area contributed by atoms with E-state index in [0.29, 0.717) is 31.6 Å². The number of carbonyl (C=O) groups excluding carboxylic acids is 1. The Labute approximate surface area is 163 Å². The number of rotatable bonds is 10. The maximum absolute atomic E-state index is 11.8. The van der Waals surface area contributed by atoms with Crippen LogP contribution in [0.15, 0.2) is 23.2 Å². The maximum atomic E-state index is 11.8. The molecule has 1 aromatic rings. The number of carbonyl (C=O) groups is 1. The SMILES string of the molecule is COCCOc1cc(C)ccc1CN=C(NCC(=O)N(C)C)NCC(C)C. The number of methoxy groups -OCH3 is 1. The fraction of sp³-hybridized carbons (Fsp3) is 0.600. The van der Waals surface area contributed by atoms with Crippen LogP contribution >= 0.6 is 0 Å². The minimum Gasteiger partial charge on any atom is -0.491 e. The Bertz CT molecular complexity index is 615. The molecule has 0 aromatic heterocycles. The first-order valence-corrected chi connectivity index (χ1v) is 9.27. The van der Waals surface area contributed by atoms with Crippen LogP contribution in [0.5, 0.6) is 5.75 Å². The minimum absolute atomic E-state index is 0.00651. The van der Waals surface area contributed by atoms with Crippen LogP contribution in [0.4, 0.5) is 0 Å². The number of hydrogen-bond donors (Lipinski definition) is 2. The largest absolute Gasteiger partial charge is 0.491 e. The monoisotopic (exact) mass is 378 g/mol. The van der Waals surface area contributed by atoms with E-state index >= 15 is 0 Å². The minimum atomic E-state index is -0.00651. The number of aliphatic imine (C=N–C) groups is 1. The van der Waals surface area contributed by atoms with Crippen LogP contribution in [0.3, 0.4) is 0 Å². The summed E-state index contributed by atoms with van der Waals surface area (Å²) in [5, 5.41) is 6.37. The highest BCUT2D eigenvalue weighted by atomic mass is 16.5. The standard InChI is InChI=1S/C20H34N4O3/c1-15(2)12-21-20(23-14-19(25)24(4)5)22-13-17-8-7-16(3)11-18(17)27-10-9-26-6/h7-8,11,15H,9-10,12-14H2,1-6H3,(H2,21,22,23). The van der Waals surface area contributed by atoms with Crippen molar-refractivity contribution >= 4 is 11.9 Å². The van der Waals surface area contributed by atoms with Gasteiger partial charge in [0.05, 0.1) is 19.7 Å². The molecule has 7 heteroatoms. The van der Waals surface area contributed by atoms with Gasteiger partial charge in [-0.15, -0.1) is 0 Å². The number of likely N-dealkylation sites (N-methyl/N-ethyl adjacent to an activating group) is 1. The highest BCUT2D eigenvalue weighted by Crippen LogP contribution is 2.21. The Morgan fingerprint density at radius 2 is 1.96 bits per heavy atom. The van der Waals surface area contributed by atoms with Crippen molar-refractivity contribution in [3.05, 3.63) is 29.3 Å². The lowest BCUT2D eigenvalue weighted by Crippen LogP contribution is -2.44. The molecule has 1 aromatic carbocycles. The summed E-state index contributed by atoms with van der Waals surface area (Å²) < 4.78 is 10.9. The Morgan fingerprint density at radius 3 is 2.59 bits per heavy atom. The topological polar surface area (TPSA) is 75.2 Å². The zero-order valence-electron chi connectivity index (χ0n) is 17.5. The second-order valence-electron chi connectivity index (χ2n) is 7.03. The van der Waals surface area contributed by atoms with Crippen LogP contribution in [0.25, 0.3) is 0 Å². The van der Waals surface area contributed by atoms with E-state index in [2.05, 4.69) is 29.5 Å². The van der Waals surface area contributed by atoms with Gasteiger partial charge >= 0.3 is 0 Å². The van der Waals surface area contributed by atoms with Crippen LogP contribution < -0.4 is 15.4 Å². The molecule has 0 unspecified atom stereocenters. The lowest BCUT2D eigenvalue weighted by atomic mass is 10.1. The van der Waals surface area contributed by atoms with Gasteiger partial charge in [-0.3, -0.25) is 4.79 Å². The van der Waals surface area contributed by atoms with Crippen molar-refractivity contribution in [2.24, 2.45) is 10.9 Å². The number of amides is 1. The predicted octanol–water partition coefficient (Wildman–Crippen LogP) is 1.80. The first kappa shape index (κ1) is 22.8. The van der Waals surface area contributed by atoms with Crippen molar-refractivity contribution in [1.82, 2.24) is 15.5 Å². The summed E-state index contributed by atoms with van der Waals surface area (Å²) in [6.07, 6.45) is 0. The van der Waals surface area contributed by atoms with Crippen molar-refractivity contribution in [1.29, 1.82) is 0 Å². The summed E-state index contributed by atoms with van der Waals surface area (Å²) >= 11 is 0. The summed E-state index contributed by atoms with van der Waals surface area (Å²) in [5.41, 5.74) is 2.12. The molecule has 0 heterocycles. The average Bonchev–Trinajstić information content (AvgIpc) is 2.61. The van der Waals surface area contributed by atoms with Crippen LogP contribution in [0.2, 0.25) is 0 Å². The third-order valence-corrected chi connectivity index (χ3v) is 3.76. The predicted molar refractivity (Wildman–Crippen MR) is 109 cm³/mol. The first-order chi connectivity index (χ1) is 12.8. The summed E-state index contributed by atoms with van der Waals surface area (Å²) in [7, 11) is 5.12. The van der Waals surface area contributed by atoms with Gasteiger partial charge in [0.15, 0.2) is 5.96 Å². The van der Waals surface area contributed by atoms with Gasteiger partial charge in [-0.2, -0.15) is 0 Å². The lowest BCUT2D eigenvalue weighted by molar-refractivity contribution is -0.127. The Kier molecular flexibility index (Phi) is 10.3. The number of hydrogen-bond acceptors (Lipinski definition) is 4. The highest BCUT2D eigenvalue weighted by Gasteiger charge is 2.08. The second-order valence-corrected chi connectivity index (χ2v) is 7.03. The Balaban J connectivity index is 2.84. The number of benzene rings is 1. The molecule has 7 nitrogen and oxygen atoms in total. The van der Waals surface area contributed by atoms with Crippen LogP contribution in [0, 0.1) is 12.8 Å². The molecular formula is C20H34N4O3. The first-order valence-electron chi connectivity index (χ1n) is 9.27. The Hall–Kier alpha value is -2.28. The van der Waals surface area contributed by atoms with E-state index < -0.39 is 0 Å². The molecule has 0 aliphatic rings. The summed E-state index contributed by atoms with van der Waals surface area (Å²) in [6, 6.07) is 6.06. The average molecular weight is 379 g/mol. The van der Waals surface area contributed by atoms with Crippen LogP contribution in [-0.4, -0.2) is 64.3 Å². The van der Waals surface area contributed by atoms with Crippen molar-refractivity contribution in [2.75, 3.05) is 47.5 Å². The summed E-state index contributed by atoms with van der Waals surface area (Å²) in [6.45, 7) is 8.72. The van der Waals surface area contributed by atoms with Crippen molar-refractivity contribution in [3.63, 3.8) is 0 Å². The molecule has 0 radical (unpaired) electrons. The molecule has 152 valence electrons. The fourth-order valence-electron chi connectivity index (χ4n) is 2.12. The van der Waals surface area contributed by atoms with Crippen molar-refractivity contribution < 1.29 is 14.3 Å². The molecule has 0 aliphatic heterocycles. The second kappa shape index (κ2) is 12.2. The van der Waals surface area contributed by atoms with E-state index in [9.17, 15) is 4.79 Å². The fourth-order valence-corrected chi connectivity index (χ4v) is 2.12. The van der Waals surface area contributed by atoms with E-state index in [0.717, 1.165) is 23.4 Å². The molecule has 0 saturated heterocycles. The summed E-state index contributed by atoms with van der Waals surface area (Å²) in [5.74, 6) is 1.88. The number of guanidine groups is 1. The molecule has 0 aliphatic carbocycles. The van der Waals surface area contributed by atoms with E-state index in [1.54, 1.807) is 26.1 Å². The lowest BCUT2D eigenvalue weighted by Gasteiger charge is -2.16. The quantitative estimate of drug-likeness (QED) is 0.369. The number of ether oxygens (including phenoxy) is 2. The van der Waals surface area contributed by atoms with Gasteiger partial charge in [0.2, 0.25) is 5.91 Å². The van der Waals surface area contributed by atoms with Gasteiger partial charge in [-0.05, 0) is 24.5 Å². The summed E-state index contributed by atoms with van der Waals surface area (Å²) in [4.78, 5) is 18.0. The van der Waals surface area contributed by atoms with E-state index in [1.165, 1.54) is 0 Å². The third kappa shape index (κ3) is 9.28. The number of nitrogens with zero attached hydrogens (tertiary/aromatic N) is 2. The number of aryl methyl sites for hydroxylation is 1. The van der Waals surface area contributed by atoms with Gasteiger partial charge < -0.3 is 25.0 Å².